The van der Waals surface area contributed by atoms with E-state index in [1.165, 1.54) is 20.3 Å². The number of hydrogen-bond acceptors (Lipinski definition) is 5. The van der Waals surface area contributed by atoms with Crippen molar-refractivity contribution in [1.82, 2.24) is 5.32 Å². The lowest BCUT2D eigenvalue weighted by molar-refractivity contribution is -0.124. The Morgan fingerprint density at radius 2 is 1.81 bits per heavy atom. The molecule has 1 rings (SSSR count). The van der Waals surface area contributed by atoms with E-state index in [1.807, 2.05) is 13.8 Å². The van der Waals surface area contributed by atoms with Crippen molar-refractivity contribution < 1.29 is 23.8 Å². The smallest absolute Gasteiger partial charge is 0.338 e. The molecule has 0 saturated heterocycles. The molecule has 6 heteroatoms. The van der Waals surface area contributed by atoms with Gasteiger partial charge in [-0.2, -0.15) is 0 Å². The second-order valence-electron chi connectivity index (χ2n) is 4.84. The standard InChI is InChI=1S/C15H21NO5/c1-10(2)8-16-14(17)9-21-15(18)11-5-6-12(19-3)13(7-11)20-4/h5-7,10H,8-9H2,1-4H3,(H,16,17). The van der Waals surface area contributed by atoms with Crippen molar-refractivity contribution in [2.75, 3.05) is 27.4 Å². The minimum Gasteiger partial charge on any atom is -0.493 e. The van der Waals surface area contributed by atoms with Crippen LogP contribution in [-0.4, -0.2) is 39.2 Å². The third kappa shape index (κ3) is 5.33. The monoisotopic (exact) mass is 295 g/mol. The summed E-state index contributed by atoms with van der Waals surface area (Å²) in [6, 6.07) is 4.66. The third-order valence-electron chi connectivity index (χ3n) is 2.66. The van der Waals surface area contributed by atoms with Crippen molar-refractivity contribution in [1.29, 1.82) is 0 Å². The zero-order valence-electron chi connectivity index (χ0n) is 12.8. The van der Waals surface area contributed by atoms with Crippen molar-refractivity contribution in [2.24, 2.45) is 5.92 Å². The SMILES string of the molecule is COc1ccc(C(=O)OCC(=O)NCC(C)C)cc1OC. The second-order valence-corrected chi connectivity index (χ2v) is 4.84. The summed E-state index contributed by atoms with van der Waals surface area (Å²) >= 11 is 0. The number of hydrogen-bond donors (Lipinski definition) is 1. The molecule has 6 nitrogen and oxygen atoms in total. The molecule has 116 valence electrons. The molecule has 0 fully saturated rings. The molecule has 0 aliphatic rings. The molecular weight excluding hydrogens is 274 g/mol. The first kappa shape index (κ1) is 16.8. The van der Waals surface area contributed by atoms with Gasteiger partial charge in [0, 0.05) is 6.54 Å². The van der Waals surface area contributed by atoms with Crippen LogP contribution in [0, 0.1) is 5.92 Å². The summed E-state index contributed by atoms with van der Waals surface area (Å²) < 4.78 is 15.1. The predicted octanol–water partition coefficient (Wildman–Crippen LogP) is 1.63. The maximum atomic E-state index is 11.9. The van der Waals surface area contributed by atoms with Crippen LogP contribution in [0.15, 0.2) is 18.2 Å². The van der Waals surface area contributed by atoms with Gasteiger partial charge in [0.05, 0.1) is 19.8 Å². The molecule has 1 amide bonds. The summed E-state index contributed by atoms with van der Waals surface area (Å²) in [4.78, 5) is 23.3. The van der Waals surface area contributed by atoms with E-state index in [9.17, 15) is 9.59 Å². The van der Waals surface area contributed by atoms with E-state index >= 15 is 0 Å². The number of ether oxygens (including phenoxy) is 3. The molecule has 0 bridgehead atoms. The molecule has 0 spiro atoms. The van der Waals surface area contributed by atoms with Gasteiger partial charge in [-0.1, -0.05) is 13.8 Å². The van der Waals surface area contributed by atoms with Gasteiger partial charge in [0.25, 0.3) is 5.91 Å². The highest BCUT2D eigenvalue weighted by Gasteiger charge is 2.13. The van der Waals surface area contributed by atoms with Gasteiger partial charge in [-0.05, 0) is 24.1 Å². The van der Waals surface area contributed by atoms with Gasteiger partial charge >= 0.3 is 5.97 Å². The Morgan fingerprint density at radius 3 is 2.38 bits per heavy atom. The lowest BCUT2D eigenvalue weighted by atomic mass is 10.2. The molecule has 21 heavy (non-hydrogen) atoms. The molecule has 1 aromatic rings. The summed E-state index contributed by atoms with van der Waals surface area (Å²) in [6.07, 6.45) is 0. The molecule has 0 saturated carbocycles. The first-order chi connectivity index (χ1) is 9.97. The van der Waals surface area contributed by atoms with Gasteiger partial charge in [-0.25, -0.2) is 4.79 Å². The van der Waals surface area contributed by atoms with Gasteiger partial charge < -0.3 is 19.5 Å². The van der Waals surface area contributed by atoms with Gasteiger partial charge in [0.15, 0.2) is 18.1 Å². The quantitative estimate of drug-likeness (QED) is 0.774. The highest BCUT2D eigenvalue weighted by molar-refractivity contribution is 5.92. The molecule has 0 unspecified atom stereocenters. The number of amides is 1. The molecule has 0 atom stereocenters. The second kappa shape index (κ2) is 8.14. The molecule has 0 radical (unpaired) electrons. The Bertz CT molecular complexity index is 499. The summed E-state index contributed by atoms with van der Waals surface area (Å²) in [5.74, 6) is 0.378. The molecular formula is C15H21NO5. The number of rotatable bonds is 7. The number of benzene rings is 1. The largest absolute Gasteiger partial charge is 0.493 e. The summed E-state index contributed by atoms with van der Waals surface area (Å²) in [5.41, 5.74) is 0.296. The van der Waals surface area contributed by atoms with E-state index in [-0.39, 0.29) is 12.5 Å². The van der Waals surface area contributed by atoms with E-state index < -0.39 is 5.97 Å². The van der Waals surface area contributed by atoms with Crippen molar-refractivity contribution in [2.45, 2.75) is 13.8 Å². The Labute approximate surface area is 124 Å². The predicted molar refractivity (Wildman–Crippen MR) is 77.7 cm³/mol. The minimum atomic E-state index is -0.587. The number of methoxy groups -OCH3 is 2. The zero-order chi connectivity index (χ0) is 15.8. The van der Waals surface area contributed by atoms with Crippen molar-refractivity contribution in [3.8, 4) is 11.5 Å². The van der Waals surface area contributed by atoms with E-state index in [0.717, 1.165) is 0 Å². The maximum absolute atomic E-state index is 11.9. The fourth-order valence-corrected chi connectivity index (χ4v) is 1.55. The molecule has 0 heterocycles. The summed E-state index contributed by atoms with van der Waals surface area (Å²) in [5, 5.41) is 2.67. The molecule has 1 aromatic carbocycles. The van der Waals surface area contributed by atoms with Crippen molar-refractivity contribution >= 4 is 11.9 Å². The molecule has 1 N–H and O–H groups in total. The van der Waals surface area contributed by atoms with Gasteiger partial charge in [-0.3, -0.25) is 4.79 Å². The lowest BCUT2D eigenvalue weighted by Gasteiger charge is -2.10. The minimum absolute atomic E-state index is 0.296. The Hall–Kier alpha value is -2.24. The highest BCUT2D eigenvalue weighted by Crippen LogP contribution is 2.27. The van der Waals surface area contributed by atoms with Gasteiger partial charge in [-0.15, -0.1) is 0 Å². The number of carbonyl (C=O) groups is 2. The molecule has 0 aliphatic carbocycles. The average Bonchev–Trinajstić information content (AvgIpc) is 2.49. The Kier molecular flexibility index (Phi) is 6.52. The summed E-state index contributed by atoms with van der Waals surface area (Å²) in [7, 11) is 2.99. The maximum Gasteiger partial charge on any atom is 0.338 e. The first-order valence-corrected chi connectivity index (χ1v) is 6.63. The number of nitrogens with one attached hydrogen (secondary N) is 1. The van der Waals surface area contributed by atoms with E-state index in [1.54, 1.807) is 12.1 Å². The fourth-order valence-electron chi connectivity index (χ4n) is 1.55. The normalized spacial score (nSPS) is 10.1. The van der Waals surface area contributed by atoms with E-state index in [0.29, 0.717) is 29.5 Å². The summed E-state index contributed by atoms with van der Waals surface area (Å²) in [6.45, 7) is 4.21. The van der Waals surface area contributed by atoms with Crippen LogP contribution in [0.2, 0.25) is 0 Å². The van der Waals surface area contributed by atoms with Gasteiger partial charge in [0.2, 0.25) is 0 Å². The van der Waals surface area contributed by atoms with Crippen LogP contribution >= 0.6 is 0 Å². The Balaban J connectivity index is 2.58. The molecule has 0 aromatic heterocycles. The van der Waals surface area contributed by atoms with Crippen LogP contribution in [0.4, 0.5) is 0 Å². The van der Waals surface area contributed by atoms with Crippen LogP contribution in [-0.2, 0) is 9.53 Å². The zero-order valence-corrected chi connectivity index (χ0v) is 12.8. The topological polar surface area (TPSA) is 73.9 Å². The van der Waals surface area contributed by atoms with E-state index in [2.05, 4.69) is 5.32 Å². The van der Waals surface area contributed by atoms with Crippen LogP contribution in [0.5, 0.6) is 11.5 Å². The lowest BCUT2D eigenvalue weighted by Crippen LogP contribution is -2.31. The van der Waals surface area contributed by atoms with Crippen LogP contribution in [0.1, 0.15) is 24.2 Å². The average molecular weight is 295 g/mol. The third-order valence-corrected chi connectivity index (χ3v) is 2.66. The van der Waals surface area contributed by atoms with Crippen LogP contribution in [0.3, 0.4) is 0 Å². The number of esters is 1. The first-order valence-electron chi connectivity index (χ1n) is 6.63. The fraction of sp³-hybridized carbons (Fsp3) is 0.467. The Morgan fingerprint density at radius 1 is 1.14 bits per heavy atom. The van der Waals surface area contributed by atoms with Crippen molar-refractivity contribution in [3.05, 3.63) is 23.8 Å². The van der Waals surface area contributed by atoms with Crippen LogP contribution < -0.4 is 14.8 Å². The molecule has 0 aliphatic heterocycles. The van der Waals surface area contributed by atoms with Crippen molar-refractivity contribution in [3.63, 3.8) is 0 Å². The van der Waals surface area contributed by atoms with Gasteiger partial charge in [0.1, 0.15) is 0 Å². The highest BCUT2D eigenvalue weighted by atomic mass is 16.5. The van der Waals surface area contributed by atoms with E-state index in [4.69, 9.17) is 14.2 Å². The number of carbonyl (C=O) groups excluding carboxylic acids is 2. The van der Waals surface area contributed by atoms with Crippen LogP contribution in [0.25, 0.3) is 0 Å².